The first-order valence-electron chi connectivity index (χ1n) is 5.90. The van der Waals surface area contributed by atoms with E-state index in [-0.39, 0.29) is 18.6 Å². The second kappa shape index (κ2) is 6.79. The number of nitrogens with one attached hydrogen (secondary N) is 1. The molecule has 1 amide bonds. The lowest BCUT2D eigenvalue weighted by Crippen LogP contribution is -2.32. The van der Waals surface area contributed by atoms with Gasteiger partial charge >= 0.3 is 0 Å². The number of aromatic nitrogens is 1. The molecule has 0 aliphatic heterocycles. The van der Waals surface area contributed by atoms with Crippen LogP contribution < -0.4 is 5.32 Å². The predicted octanol–water partition coefficient (Wildman–Crippen LogP) is 2.56. The number of thiazole rings is 1. The molecule has 0 bridgehead atoms. The highest BCUT2D eigenvalue weighted by Gasteiger charge is 2.18. The molecule has 2 aromatic heterocycles. The molecule has 102 valence electrons. The van der Waals surface area contributed by atoms with Crippen LogP contribution in [0, 0.1) is 6.92 Å². The van der Waals surface area contributed by atoms with Crippen molar-refractivity contribution in [3.8, 4) is 0 Å². The molecule has 2 rings (SSSR count). The van der Waals surface area contributed by atoms with Crippen molar-refractivity contribution in [3.63, 3.8) is 0 Å². The maximum Gasteiger partial charge on any atom is 0.246 e. The average molecular weight is 296 g/mol. The van der Waals surface area contributed by atoms with E-state index in [1.54, 1.807) is 22.7 Å². The second-order valence-electron chi connectivity index (χ2n) is 4.22. The third kappa shape index (κ3) is 4.12. The summed E-state index contributed by atoms with van der Waals surface area (Å²) in [6, 6.07) is 1.98. The summed E-state index contributed by atoms with van der Waals surface area (Å²) in [5.74, 6) is -0.115. The normalized spacial score (nSPS) is 12.3. The van der Waals surface area contributed by atoms with Gasteiger partial charge in [0.2, 0.25) is 5.91 Å². The van der Waals surface area contributed by atoms with E-state index in [9.17, 15) is 4.79 Å². The van der Waals surface area contributed by atoms with Crippen LogP contribution in [0.15, 0.2) is 22.2 Å². The molecule has 0 radical (unpaired) electrons. The number of methoxy groups -OCH3 is 1. The van der Waals surface area contributed by atoms with Crippen LogP contribution >= 0.6 is 22.7 Å². The van der Waals surface area contributed by atoms with Gasteiger partial charge in [-0.2, -0.15) is 11.3 Å². The lowest BCUT2D eigenvalue weighted by Gasteiger charge is -2.15. The van der Waals surface area contributed by atoms with Crippen molar-refractivity contribution in [2.45, 2.75) is 19.4 Å². The minimum absolute atomic E-state index is 0.0739. The van der Waals surface area contributed by atoms with Gasteiger partial charge in [0.1, 0.15) is 11.6 Å². The highest BCUT2D eigenvalue weighted by molar-refractivity contribution is 7.09. The zero-order valence-corrected chi connectivity index (χ0v) is 12.5. The van der Waals surface area contributed by atoms with E-state index in [4.69, 9.17) is 4.74 Å². The first-order valence-corrected chi connectivity index (χ1v) is 7.72. The summed E-state index contributed by atoms with van der Waals surface area (Å²) in [6.07, 6.45) is 0.756. The molecule has 2 aromatic rings. The fourth-order valence-electron chi connectivity index (χ4n) is 1.74. The van der Waals surface area contributed by atoms with E-state index in [0.29, 0.717) is 0 Å². The summed E-state index contributed by atoms with van der Waals surface area (Å²) in [7, 11) is 1.51. The summed E-state index contributed by atoms with van der Waals surface area (Å²) in [4.78, 5) is 16.2. The number of hydrogen-bond donors (Lipinski definition) is 1. The van der Waals surface area contributed by atoms with Gasteiger partial charge in [0.25, 0.3) is 0 Å². The van der Waals surface area contributed by atoms with Crippen molar-refractivity contribution < 1.29 is 9.53 Å². The Morgan fingerprint density at radius 2 is 2.37 bits per heavy atom. The minimum atomic E-state index is -0.115. The Balaban J connectivity index is 2.10. The van der Waals surface area contributed by atoms with E-state index in [1.165, 1.54) is 12.7 Å². The van der Waals surface area contributed by atoms with Gasteiger partial charge in [-0.1, -0.05) is 0 Å². The van der Waals surface area contributed by atoms with Crippen LogP contribution in [-0.2, 0) is 16.0 Å². The van der Waals surface area contributed by atoms with Crippen LogP contribution in [0.2, 0.25) is 0 Å². The van der Waals surface area contributed by atoms with Crippen LogP contribution in [0.1, 0.15) is 22.3 Å². The predicted molar refractivity (Wildman–Crippen MR) is 77.6 cm³/mol. The number of thiophene rings is 1. The number of ether oxygens (including phenoxy) is 1. The van der Waals surface area contributed by atoms with Gasteiger partial charge in [-0.05, 0) is 29.3 Å². The lowest BCUT2D eigenvalue weighted by atomic mass is 10.1. The molecule has 0 saturated heterocycles. The average Bonchev–Trinajstić information content (AvgIpc) is 3.00. The summed E-state index contributed by atoms with van der Waals surface area (Å²) in [5, 5.41) is 10.0. The number of nitrogens with zero attached hydrogens (tertiary/aromatic N) is 1. The number of carbonyl (C=O) groups excluding carboxylic acids is 1. The van der Waals surface area contributed by atoms with E-state index in [0.717, 1.165) is 17.1 Å². The van der Waals surface area contributed by atoms with Gasteiger partial charge in [-0.25, -0.2) is 4.98 Å². The SMILES string of the molecule is COCC(=O)N[C@H](Cc1ccsc1)c1nc(C)cs1. The molecule has 0 aromatic carbocycles. The van der Waals surface area contributed by atoms with Crippen molar-refractivity contribution in [2.75, 3.05) is 13.7 Å². The molecule has 0 spiro atoms. The van der Waals surface area contributed by atoms with Gasteiger partial charge in [0.15, 0.2) is 0 Å². The van der Waals surface area contributed by atoms with E-state index in [2.05, 4.69) is 21.7 Å². The maximum atomic E-state index is 11.7. The molecule has 4 nitrogen and oxygen atoms in total. The number of amides is 1. The molecular weight excluding hydrogens is 280 g/mol. The first-order chi connectivity index (χ1) is 9.19. The number of aryl methyl sites for hydroxylation is 1. The highest BCUT2D eigenvalue weighted by Crippen LogP contribution is 2.23. The first kappa shape index (κ1) is 14.2. The van der Waals surface area contributed by atoms with Crippen molar-refractivity contribution in [3.05, 3.63) is 38.5 Å². The van der Waals surface area contributed by atoms with Crippen LogP contribution in [0.5, 0.6) is 0 Å². The largest absolute Gasteiger partial charge is 0.375 e. The molecule has 0 fully saturated rings. The standard InChI is InChI=1S/C13H16N2O2S2/c1-9-7-19-13(14-9)11(15-12(16)6-17-2)5-10-3-4-18-8-10/h3-4,7-8,11H,5-6H2,1-2H3,(H,15,16)/t11-/m1/s1. The molecule has 0 aliphatic carbocycles. The van der Waals surface area contributed by atoms with Crippen molar-refractivity contribution >= 4 is 28.6 Å². The van der Waals surface area contributed by atoms with Gasteiger partial charge in [0, 0.05) is 24.6 Å². The Hall–Kier alpha value is -1.24. The number of carbonyl (C=O) groups is 1. The molecule has 6 heteroatoms. The lowest BCUT2D eigenvalue weighted by molar-refractivity contribution is -0.125. The minimum Gasteiger partial charge on any atom is -0.375 e. The molecule has 19 heavy (non-hydrogen) atoms. The van der Waals surface area contributed by atoms with Crippen LogP contribution in [0.25, 0.3) is 0 Å². The van der Waals surface area contributed by atoms with Crippen LogP contribution in [-0.4, -0.2) is 24.6 Å². The monoisotopic (exact) mass is 296 g/mol. The number of rotatable bonds is 6. The van der Waals surface area contributed by atoms with Gasteiger partial charge < -0.3 is 10.1 Å². The third-order valence-corrected chi connectivity index (χ3v) is 4.37. The summed E-state index contributed by atoms with van der Waals surface area (Å²) < 4.78 is 4.85. The molecule has 1 atom stereocenters. The molecular formula is C13H16N2O2S2. The zero-order valence-electron chi connectivity index (χ0n) is 10.9. The molecule has 1 N–H and O–H groups in total. The molecule has 0 unspecified atom stereocenters. The summed E-state index contributed by atoms with van der Waals surface area (Å²) >= 11 is 3.23. The Morgan fingerprint density at radius 3 is 2.95 bits per heavy atom. The van der Waals surface area contributed by atoms with Crippen LogP contribution in [0.3, 0.4) is 0 Å². The summed E-state index contributed by atoms with van der Waals surface area (Å²) in [5.41, 5.74) is 2.19. The number of hydrogen-bond acceptors (Lipinski definition) is 5. The Kier molecular flexibility index (Phi) is 5.07. The van der Waals surface area contributed by atoms with Gasteiger partial charge in [0.05, 0.1) is 6.04 Å². The van der Waals surface area contributed by atoms with E-state index < -0.39 is 0 Å². The molecule has 2 heterocycles. The fourth-order valence-corrected chi connectivity index (χ4v) is 3.27. The van der Waals surface area contributed by atoms with Crippen molar-refractivity contribution in [1.29, 1.82) is 0 Å². The van der Waals surface area contributed by atoms with Gasteiger partial charge in [-0.3, -0.25) is 4.79 Å². The van der Waals surface area contributed by atoms with Crippen LogP contribution in [0.4, 0.5) is 0 Å². The quantitative estimate of drug-likeness (QED) is 0.891. The smallest absolute Gasteiger partial charge is 0.246 e. The molecule has 0 saturated carbocycles. The maximum absolute atomic E-state index is 11.7. The fraction of sp³-hybridized carbons (Fsp3) is 0.385. The Morgan fingerprint density at radius 1 is 1.53 bits per heavy atom. The third-order valence-electron chi connectivity index (χ3n) is 2.57. The van der Waals surface area contributed by atoms with E-state index >= 15 is 0 Å². The van der Waals surface area contributed by atoms with Crippen molar-refractivity contribution in [1.82, 2.24) is 10.3 Å². The summed E-state index contributed by atoms with van der Waals surface area (Å²) in [6.45, 7) is 2.03. The van der Waals surface area contributed by atoms with Crippen molar-refractivity contribution in [2.24, 2.45) is 0 Å². The Labute approximate surface area is 120 Å². The topological polar surface area (TPSA) is 51.2 Å². The molecule has 0 aliphatic rings. The second-order valence-corrected chi connectivity index (χ2v) is 5.89. The van der Waals surface area contributed by atoms with E-state index in [1.807, 2.05) is 17.7 Å². The zero-order chi connectivity index (χ0) is 13.7. The highest BCUT2D eigenvalue weighted by atomic mass is 32.1. The Bertz CT molecular complexity index is 522. The van der Waals surface area contributed by atoms with Gasteiger partial charge in [-0.15, -0.1) is 11.3 Å².